The Kier molecular flexibility index (Phi) is 5.42. The standard InChI is InChI=1S/C18H15N5O3S/c19-9-13-10-21-23(11-13)16-6-3-14(8-17(16)27(20)26)22-18(25)7-12-1-4-15(24)5-2-12/h1-6,8,10-11,24H,7,20H2,(H,22,25). The van der Waals surface area contributed by atoms with Crippen LogP contribution in [0.2, 0.25) is 0 Å². The molecule has 0 fully saturated rings. The van der Waals surface area contributed by atoms with E-state index in [1.165, 1.54) is 35.3 Å². The predicted octanol–water partition coefficient (Wildman–Crippen LogP) is 1.61. The van der Waals surface area contributed by atoms with Gasteiger partial charge in [0.25, 0.3) is 0 Å². The summed E-state index contributed by atoms with van der Waals surface area (Å²) in [5.74, 6) is -0.143. The first-order valence-corrected chi connectivity index (χ1v) is 9.00. The largest absolute Gasteiger partial charge is 0.593 e. The number of amides is 1. The van der Waals surface area contributed by atoms with Crippen LogP contribution in [0, 0.1) is 11.3 Å². The molecule has 136 valence electrons. The van der Waals surface area contributed by atoms with Crippen LogP contribution < -0.4 is 10.5 Å². The number of phenolic OH excluding ortho intramolecular Hbond substituents is 1. The van der Waals surface area contributed by atoms with Gasteiger partial charge in [-0.05, 0) is 29.8 Å². The summed E-state index contributed by atoms with van der Waals surface area (Å²) in [6.45, 7) is 0. The number of carbonyl (C=O) groups is 1. The van der Waals surface area contributed by atoms with Gasteiger partial charge in [0.05, 0.1) is 29.5 Å². The van der Waals surface area contributed by atoms with Gasteiger partial charge in [-0.15, -0.1) is 5.14 Å². The Hall–Kier alpha value is -3.32. The summed E-state index contributed by atoms with van der Waals surface area (Å²) < 4.78 is 13.3. The van der Waals surface area contributed by atoms with Crippen LogP contribution in [0.5, 0.6) is 5.75 Å². The van der Waals surface area contributed by atoms with E-state index in [1.54, 1.807) is 24.3 Å². The minimum Gasteiger partial charge on any atom is -0.593 e. The molecule has 27 heavy (non-hydrogen) atoms. The van der Waals surface area contributed by atoms with E-state index in [0.29, 0.717) is 16.9 Å². The zero-order valence-electron chi connectivity index (χ0n) is 14.0. The summed E-state index contributed by atoms with van der Waals surface area (Å²) >= 11 is -1.82. The molecular formula is C18H15N5O3S. The van der Waals surface area contributed by atoms with Crippen molar-refractivity contribution in [3.05, 3.63) is 66.0 Å². The van der Waals surface area contributed by atoms with Gasteiger partial charge in [-0.2, -0.15) is 10.4 Å². The molecule has 0 aliphatic carbocycles. The molecule has 8 nitrogen and oxygen atoms in total. The van der Waals surface area contributed by atoms with E-state index in [0.717, 1.165) is 5.56 Å². The molecule has 4 N–H and O–H groups in total. The number of phenols is 1. The lowest BCUT2D eigenvalue weighted by atomic mass is 10.1. The van der Waals surface area contributed by atoms with Crippen molar-refractivity contribution in [3.63, 3.8) is 0 Å². The quantitative estimate of drug-likeness (QED) is 0.574. The smallest absolute Gasteiger partial charge is 0.228 e. The van der Waals surface area contributed by atoms with Gasteiger partial charge in [-0.1, -0.05) is 12.1 Å². The monoisotopic (exact) mass is 381 g/mol. The molecule has 9 heteroatoms. The van der Waals surface area contributed by atoms with Crippen molar-refractivity contribution in [3.8, 4) is 17.5 Å². The van der Waals surface area contributed by atoms with Crippen LogP contribution in [-0.4, -0.2) is 25.3 Å². The number of nitrogens with zero attached hydrogens (tertiary/aromatic N) is 3. The highest BCUT2D eigenvalue weighted by Gasteiger charge is 2.17. The first-order valence-electron chi connectivity index (χ1n) is 7.79. The summed E-state index contributed by atoms with van der Waals surface area (Å²) in [6, 6.07) is 13.0. The lowest BCUT2D eigenvalue weighted by Crippen LogP contribution is -2.18. The average Bonchev–Trinajstić information content (AvgIpc) is 3.12. The van der Waals surface area contributed by atoms with Crippen LogP contribution in [0.25, 0.3) is 5.69 Å². The van der Waals surface area contributed by atoms with Crippen LogP contribution in [-0.2, 0) is 22.6 Å². The fourth-order valence-electron chi connectivity index (χ4n) is 2.46. The molecule has 1 atom stereocenters. The second kappa shape index (κ2) is 7.92. The molecule has 0 saturated heterocycles. The van der Waals surface area contributed by atoms with Gasteiger partial charge in [0.15, 0.2) is 0 Å². The molecule has 0 radical (unpaired) electrons. The van der Waals surface area contributed by atoms with Gasteiger partial charge in [0.1, 0.15) is 17.5 Å². The SMILES string of the molecule is N#Cc1cnn(-c2ccc(NC(=O)Cc3ccc(O)cc3)cc2[S+](N)[O-])c1. The lowest BCUT2D eigenvalue weighted by molar-refractivity contribution is -0.115. The zero-order chi connectivity index (χ0) is 19.4. The van der Waals surface area contributed by atoms with Gasteiger partial charge < -0.3 is 15.0 Å². The van der Waals surface area contributed by atoms with Crippen LogP contribution >= 0.6 is 0 Å². The van der Waals surface area contributed by atoms with Crippen molar-refractivity contribution in [2.45, 2.75) is 11.3 Å². The van der Waals surface area contributed by atoms with Crippen molar-refractivity contribution in [2.24, 2.45) is 5.14 Å². The molecule has 1 unspecified atom stereocenters. The third-order valence-electron chi connectivity index (χ3n) is 3.72. The Morgan fingerprint density at radius 1 is 1.33 bits per heavy atom. The van der Waals surface area contributed by atoms with Crippen molar-refractivity contribution in [1.29, 1.82) is 5.26 Å². The summed E-state index contributed by atoms with van der Waals surface area (Å²) in [4.78, 5) is 12.5. The maximum atomic E-state index is 12.2. The van der Waals surface area contributed by atoms with E-state index in [1.807, 2.05) is 6.07 Å². The van der Waals surface area contributed by atoms with Crippen LogP contribution in [0.15, 0.2) is 59.8 Å². The molecule has 1 amide bonds. The molecule has 0 aliphatic heterocycles. The molecule has 3 rings (SSSR count). The maximum Gasteiger partial charge on any atom is 0.228 e. The molecule has 1 heterocycles. The Balaban J connectivity index is 1.80. The number of nitriles is 1. The number of hydrogen-bond donors (Lipinski definition) is 3. The van der Waals surface area contributed by atoms with Crippen molar-refractivity contribution in [2.75, 3.05) is 5.32 Å². The number of aromatic hydroxyl groups is 1. The Morgan fingerprint density at radius 2 is 2.07 bits per heavy atom. The third-order valence-corrected chi connectivity index (χ3v) is 4.48. The first-order chi connectivity index (χ1) is 13.0. The highest BCUT2D eigenvalue weighted by atomic mass is 32.2. The van der Waals surface area contributed by atoms with E-state index < -0.39 is 11.4 Å². The van der Waals surface area contributed by atoms with E-state index in [4.69, 9.17) is 10.4 Å². The Morgan fingerprint density at radius 3 is 2.70 bits per heavy atom. The number of aromatic nitrogens is 2. The van der Waals surface area contributed by atoms with Crippen molar-refractivity contribution >= 4 is 23.0 Å². The molecule has 0 aliphatic rings. The predicted molar refractivity (Wildman–Crippen MR) is 99.3 cm³/mol. The molecule has 0 spiro atoms. The van der Waals surface area contributed by atoms with E-state index >= 15 is 0 Å². The second-order valence-electron chi connectivity index (χ2n) is 5.66. The second-order valence-corrected chi connectivity index (χ2v) is 6.69. The van der Waals surface area contributed by atoms with E-state index in [-0.39, 0.29) is 23.0 Å². The maximum absolute atomic E-state index is 12.2. The summed E-state index contributed by atoms with van der Waals surface area (Å²) in [5, 5.41) is 30.5. The van der Waals surface area contributed by atoms with Gasteiger partial charge >= 0.3 is 0 Å². The number of rotatable bonds is 5. The number of benzene rings is 2. The van der Waals surface area contributed by atoms with Gasteiger partial charge in [0.2, 0.25) is 10.8 Å². The Bertz CT molecular complexity index is 1010. The van der Waals surface area contributed by atoms with E-state index in [9.17, 15) is 14.5 Å². The highest BCUT2D eigenvalue weighted by molar-refractivity contribution is 7.89. The first kappa shape index (κ1) is 18.5. The van der Waals surface area contributed by atoms with Gasteiger partial charge in [-0.3, -0.25) is 4.79 Å². The number of hydrogen-bond acceptors (Lipinski definition) is 6. The third kappa shape index (κ3) is 4.45. The minimum atomic E-state index is -1.82. The number of anilines is 1. The fourth-order valence-corrected chi connectivity index (χ4v) is 3.07. The highest BCUT2D eigenvalue weighted by Crippen LogP contribution is 2.23. The van der Waals surface area contributed by atoms with Gasteiger partial charge in [0, 0.05) is 18.0 Å². The normalized spacial score (nSPS) is 11.6. The molecule has 2 aromatic carbocycles. The summed E-state index contributed by atoms with van der Waals surface area (Å²) in [7, 11) is 0. The molecule has 0 bridgehead atoms. The molecule has 0 saturated carbocycles. The number of nitrogens with two attached hydrogens (primary N) is 1. The molecular weight excluding hydrogens is 366 g/mol. The van der Waals surface area contributed by atoms with Crippen LogP contribution in [0.1, 0.15) is 11.1 Å². The Labute approximate surface area is 158 Å². The molecule has 3 aromatic rings. The molecule has 1 aromatic heterocycles. The summed E-state index contributed by atoms with van der Waals surface area (Å²) in [6.07, 6.45) is 3.00. The fraction of sp³-hybridized carbons (Fsp3) is 0.0556. The average molecular weight is 381 g/mol. The van der Waals surface area contributed by atoms with Crippen LogP contribution in [0.3, 0.4) is 0 Å². The number of nitrogens with one attached hydrogen (secondary N) is 1. The zero-order valence-corrected chi connectivity index (χ0v) is 14.8. The lowest BCUT2D eigenvalue weighted by Gasteiger charge is -2.12. The van der Waals surface area contributed by atoms with Crippen molar-refractivity contribution < 1.29 is 14.5 Å². The van der Waals surface area contributed by atoms with Gasteiger partial charge in [-0.25, -0.2) is 4.68 Å². The number of carbonyl (C=O) groups excluding carboxylic acids is 1. The summed E-state index contributed by atoms with van der Waals surface area (Å²) in [5.41, 5.74) is 1.98. The topological polar surface area (TPSA) is 140 Å². The van der Waals surface area contributed by atoms with Crippen LogP contribution in [0.4, 0.5) is 5.69 Å². The van der Waals surface area contributed by atoms with Crippen molar-refractivity contribution in [1.82, 2.24) is 9.78 Å². The minimum absolute atomic E-state index is 0.119. The van der Waals surface area contributed by atoms with E-state index in [2.05, 4.69) is 10.4 Å².